The van der Waals surface area contributed by atoms with Crippen LogP contribution in [0.15, 0.2) is 30.5 Å². The quantitative estimate of drug-likeness (QED) is 0.175. The normalized spacial score (nSPS) is 23.9. The summed E-state index contributed by atoms with van der Waals surface area (Å²) < 4.78 is 0. The van der Waals surface area contributed by atoms with E-state index in [0.29, 0.717) is 62.4 Å². The molecule has 4 N–H and O–H groups in total. The second-order valence-electron chi connectivity index (χ2n) is 12.0. The van der Waals surface area contributed by atoms with Crippen LogP contribution in [0.2, 0.25) is 0 Å². The molecule has 0 bridgehead atoms. The van der Waals surface area contributed by atoms with Gasteiger partial charge in [-0.25, -0.2) is 0 Å². The van der Waals surface area contributed by atoms with E-state index in [4.69, 9.17) is 0 Å². The summed E-state index contributed by atoms with van der Waals surface area (Å²) in [4.78, 5) is 85.5. The number of Topliss-reactive ketones (excluding diaryl/α,β-unsaturated/α-hetero) is 2. The molecule has 5 atom stereocenters. The zero-order valence-electron chi connectivity index (χ0n) is 25.9. The average molecular weight is 608 g/mol. The van der Waals surface area contributed by atoms with Crippen molar-refractivity contribution >= 4 is 46.1 Å². The van der Waals surface area contributed by atoms with Gasteiger partial charge in [0.1, 0.15) is 23.9 Å². The molecule has 11 nitrogen and oxygen atoms in total. The monoisotopic (exact) mass is 607 g/mol. The van der Waals surface area contributed by atoms with Crippen LogP contribution in [-0.2, 0) is 24.0 Å². The van der Waals surface area contributed by atoms with E-state index in [1.165, 1.54) is 11.1 Å². The van der Waals surface area contributed by atoms with Crippen LogP contribution in [0.5, 0.6) is 0 Å². The van der Waals surface area contributed by atoms with Gasteiger partial charge < -0.3 is 25.8 Å². The number of para-hydroxylation sites is 1. The number of nitrogens with one attached hydrogen (secondary N) is 4. The number of benzene rings is 1. The van der Waals surface area contributed by atoms with E-state index in [0.717, 1.165) is 12.8 Å². The van der Waals surface area contributed by atoms with Gasteiger partial charge in [-0.05, 0) is 44.1 Å². The van der Waals surface area contributed by atoms with Crippen LogP contribution in [0.3, 0.4) is 0 Å². The van der Waals surface area contributed by atoms with E-state index in [-0.39, 0.29) is 29.6 Å². The lowest BCUT2D eigenvalue weighted by molar-refractivity contribution is -0.147. The molecule has 3 heterocycles. The number of ketones is 2. The third-order valence-corrected chi connectivity index (χ3v) is 9.01. The maximum atomic E-state index is 14.0. The van der Waals surface area contributed by atoms with Crippen LogP contribution in [-0.4, -0.2) is 75.8 Å². The Morgan fingerprint density at radius 2 is 1.70 bits per heavy atom. The highest BCUT2D eigenvalue weighted by Gasteiger charge is 2.42. The molecule has 44 heavy (non-hydrogen) atoms. The SMILES string of the molecule is CCC(=O)CCCCC[C@@H]1NC(=O)[C@H]2CCCCN2C(=O)[C@H](C(C)CC)NC(=O)[C@H](C(=O)c2c[nH]c3ccccc23)NC1=O. The zero-order chi connectivity index (χ0) is 31.8. The highest BCUT2D eigenvalue weighted by Crippen LogP contribution is 2.23. The number of amides is 4. The summed E-state index contributed by atoms with van der Waals surface area (Å²) in [6, 6.07) is 2.76. The molecule has 0 aliphatic carbocycles. The number of piperidine rings is 1. The van der Waals surface area contributed by atoms with Crippen molar-refractivity contribution in [3.8, 4) is 0 Å². The number of rotatable bonds is 11. The Morgan fingerprint density at radius 3 is 2.45 bits per heavy atom. The number of aromatic amines is 1. The highest BCUT2D eigenvalue weighted by molar-refractivity contribution is 6.20. The summed E-state index contributed by atoms with van der Waals surface area (Å²) in [5, 5.41) is 8.88. The Labute approximate surface area is 258 Å². The van der Waals surface area contributed by atoms with Crippen LogP contribution >= 0.6 is 0 Å². The molecular formula is C33H45N5O6. The van der Waals surface area contributed by atoms with Gasteiger partial charge in [-0.3, -0.25) is 28.8 Å². The molecule has 1 aromatic heterocycles. The van der Waals surface area contributed by atoms with E-state index in [2.05, 4.69) is 20.9 Å². The molecule has 4 amide bonds. The summed E-state index contributed by atoms with van der Waals surface area (Å²) in [6.07, 6.45) is 7.08. The Hall–Kier alpha value is -4.02. The van der Waals surface area contributed by atoms with Crippen LogP contribution in [0.1, 0.15) is 95.3 Å². The van der Waals surface area contributed by atoms with E-state index in [9.17, 15) is 28.8 Å². The number of nitrogens with zero attached hydrogens (tertiary/aromatic N) is 1. The lowest BCUT2D eigenvalue weighted by Crippen LogP contribution is -2.65. The predicted octanol–water partition coefficient (Wildman–Crippen LogP) is 3.18. The zero-order valence-corrected chi connectivity index (χ0v) is 25.9. The van der Waals surface area contributed by atoms with Gasteiger partial charge in [0.25, 0.3) is 5.91 Å². The lowest BCUT2D eigenvalue weighted by atomic mass is 9.93. The minimum atomic E-state index is -1.63. The van der Waals surface area contributed by atoms with Crippen LogP contribution in [0.25, 0.3) is 10.9 Å². The maximum absolute atomic E-state index is 14.0. The number of unbranched alkanes of at least 4 members (excludes halogenated alkanes) is 2. The van der Waals surface area contributed by atoms with E-state index >= 15 is 0 Å². The van der Waals surface area contributed by atoms with Gasteiger partial charge >= 0.3 is 0 Å². The number of carbonyl (C=O) groups excluding carboxylic acids is 6. The number of carbonyl (C=O) groups is 6. The Bertz CT molecular complexity index is 1390. The Kier molecular flexibility index (Phi) is 11.3. The second-order valence-corrected chi connectivity index (χ2v) is 12.0. The predicted molar refractivity (Wildman–Crippen MR) is 166 cm³/mol. The molecule has 238 valence electrons. The topological polar surface area (TPSA) is 158 Å². The first-order valence-electron chi connectivity index (χ1n) is 16.0. The summed E-state index contributed by atoms with van der Waals surface area (Å²) >= 11 is 0. The number of hydrogen-bond donors (Lipinski definition) is 4. The molecule has 2 saturated heterocycles. The number of hydrogen-bond acceptors (Lipinski definition) is 6. The van der Waals surface area contributed by atoms with Gasteiger partial charge in [0, 0.05) is 42.0 Å². The van der Waals surface area contributed by atoms with Crippen molar-refractivity contribution in [2.45, 2.75) is 109 Å². The van der Waals surface area contributed by atoms with Crippen molar-refractivity contribution in [2.24, 2.45) is 5.92 Å². The molecule has 1 aromatic carbocycles. The molecule has 0 saturated carbocycles. The highest BCUT2D eigenvalue weighted by atomic mass is 16.2. The molecule has 11 heteroatoms. The van der Waals surface area contributed by atoms with E-state index in [1.807, 2.05) is 26.8 Å². The first kappa shape index (κ1) is 32.9. The fourth-order valence-corrected chi connectivity index (χ4v) is 6.05. The molecule has 1 unspecified atom stereocenters. The maximum Gasteiger partial charge on any atom is 0.251 e. The largest absolute Gasteiger partial charge is 0.360 e. The smallest absolute Gasteiger partial charge is 0.251 e. The van der Waals surface area contributed by atoms with Gasteiger partial charge in [-0.2, -0.15) is 0 Å². The van der Waals surface area contributed by atoms with Crippen molar-refractivity contribution in [3.63, 3.8) is 0 Å². The molecule has 0 radical (unpaired) electrons. The fourth-order valence-electron chi connectivity index (χ4n) is 6.05. The Morgan fingerprint density at radius 1 is 0.932 bits per heavy atom. The number of aromatic nitrogens is 1. The van der Waals surface area contributed by atoms with Gasteiger partial charge in [-0.15, -0.1) is 0 Å². The van der Waals surface area contributed by atoms with Gasteiger partial charge in [0.15, 0.2) is 11.8 Å². The minimum Gasteiger partial charge on any atom is -0.360 e. The van der Waals surface area contributed by atoms with Gasteiger partial charge in [0.05, 0.1) is 0 Å². The molecular weight excluding hydrogens is 562 g/mol. The summed E-state index contributed by atoms with van der Waals surface area (Å²) in [5.74, 6) is -2.95. The van der Waals surface area contributed by atoms with Crippen molar-refractivity contribution in [2.75, 3.05) is 6.54 Å². The summed E-state index contributed by atoms with van der Waals surface area (Å²) in [5.41, 5.74) is 0.933. The third-order valence-electron chi connectivity index (χ3n) is 9.01. The first-order valence-corrected chi connectivity index (χ1v) is 16.0. The van der Waals surface area contributed by atoms with E-state index in [1.54, 1.807) is 18.2 Å². The van der Waals surface area contributed by atoms with Gasteiger partial charge in [-0.1, -0.05) is 58.2 Å². The van der Waals surface area contributed by atoms with Gasteiger partial charge in [0.2, 0.25) is 17.7 Å². The number of H-pyrrole nitrogens is 1. The molecule has 4 rings (SSSR count). The van der Waals surface area contributed by atoms with Crippen LogP contribution in [0.4, 0.5) is 0 Å². The molecule has 2 fully saturated rings. The Balaban J connectivity index is 1.67. The lowest BCUT2D eigenvalue weighted by Gasteiger charge is -2.39. The average Bonchev–Trinajstić information content (AvgIpc) is 3.47. The first-order chi connectivity index (χ1) is 21.2. The van der Waals surface area contributed by atoms with Crippen LogP contribution in [0, 0.1) is 5.92 Å². The molecule has 0 spiro atoms. The van der Waals surface area contributed by atoms with Crippen LogP contribution < -0.4 is 16.0 Å². The molecule has 2 aromatic rings. The third kappa shape index (κ3) is 7.54. The summed E-state index contributed by atoms with van der Waals surface area (Å²) in [7, 11) is 0. The molecule has 2 aliphatic heterocycles. The van der Waals surface area contributed by atoms with Crippen molar-refractivity contribution in [3.05, 3.63) is 36.0 Å². The van der Waals surface area contributed by atoms with Crippen molar-refractivity contribution < 1.29 is 28.8 Å². The molecule has 2 aliphatic rings. The standard InChI is InChI=1S/C33H45N5O6/c1-4-20(3)27-33(44)38-18-12-11-17-26(38)31(42)35-25(16-8-6-7-13-21(39)5-2)30(41)37-28(32(43)36-27)29(40)23-19-34-24-15-10-9-14-22(23)24/h9-10,14-15,19-20,25-28,34H,4-8,11-13,16-18H2,1-3H3,(H,35,42)(H,36,43)(H,37,41)/t20?,25-,26+,27-,28-/m0/s1. The minimum absolute atomic E-state index is 0.171. The van der Waals surface area contributed by atoms with E-state index < -0.39 is 47.7 Å². The summed E-state index contributed by atoms with van der Waals surface area (Å²) in [6.45, 7) is 5.92. The van der Waals surface area contributed by atoms with Crippen molar-refractivity contribution in [1.82, 2.24) is 25.8 Å². The fraction of sp³-hybridized carbons (Fsp3) is 0.576. The number of fused-ring (bicyclic) bond motifs is 2. The van der Waals surface area contributed by atoms with Crippen molar-refractivity contribution in [1.29, 1.82) is 0 Å². The second kappa shape index (κ2) is 15.1.